The van der Waals surface area contributed by atoms with Gasteiger partial charge in [0, 0.05) is 44.9 Å². The van der Waals surface area contributed by atoms with Crippen LogP contribution in [0.25, 0.3) is 10.9 Å². The van der Waals surface area contributed by atoms with Crippen LogP contribution < -0.4 is 5.43 Å². The van der Waals surface area contributed by atoms with E-state index in [0.29, 0.717) is 16.6 Å². The van der Waals surface area contributed by atoms with Gasteiger partial charge in [-0.05, 0) is 42.8 Å². The van der Waals surface area contributed by atoms with Crippen LogP contribution in [0.5, 0.6) is 0 Å². The summed E-state index contributed by atoms with van der Waals surface area (Å²) in [6, 6.07) is 15.5. The molecule has 0 aliphatic rings. The summed E-state index contributed by atoms with van der Waals surface area (Å²) in [4.78, 5) is 3.76. The number of halogens is 5. The van der Waals surface area contributed by atoms with Crippen LogP contribution in [0.3, 0.4) is 0 Å². The molecule has 4 aromatic rings. The smallest absolute Gasteiger partial charge is 0.340 e. The van der Waals surface area contributed by atoms with Crippen molar-refractivity contribution in [2.75, 3.05) is 5.43 Å². The summed E-state index contributed by atoms with van der Waals surface area (Å²) in [5.41, 5.74) is 5.64. The third-order valence-corrected chi connectivity index (χ3v) is 5.67. The lowest BCUT2D eigenvalue weighted by Gasteiger charge is -2.10. The normalized spacial score (nSPS) is 12.1. The van der Waals surface area contributed by atoms with Crippen molar-refractivity contribution in [3.05, 3.63) is 93.2 Å². The number of anilines is 1. The van der Waals surface area contributed by atoms with Crippen molar-refractivity contribution in [3.63, 3.8) is 0 Å². The highest BCUT2D eigenvalue weighted by Gasteiger charge is 2.30. The number of hydrogen-bond acceptors (Lipinski definition) is 3. The monoisotopic (exact) mass is 476 g/mol. The van der Waals surface area contributed by atoms with E-state index >= 15 is 0 Å². The van der Waals surface area contributed by atoms with Crippen molar-refractivity contribution in [2.45, 2.75) is 19.6 Å². The van der Waals surface area contributed by atoms with Crippen LogP contribution in [0, 0.1) is 6.92 Å². The van der Waals surface area contributed by atoms with Gasteiger partial charge in [0.25, 0.3) is 0 Å². The molecule has 2 aromatic carbocycles. The van der Waals surface area contributed by atoms with Crippen LogP contribution in [-0.4, -0.2) is 15.8 Å². The van der Waals surface area contributed by atoms with E-state index in [1.54, 1.807) is 18.3 Å². The zero-order valence-corrected chi connectivity index (χ0v) is 18.3. The van der Waals surface area contributed by atoms with E-state index in [2.05, 4.69) is 20.1 Å². The van der Waals surface area contributed by atoms with E-state index in [0.717, 1.165) is 40.0 Å². The molecule has 0 saturated carbocycles. The molecule has 1 N–H and O–H groups in total. The Labute approximate surface area is 192 Å². The lowest BCUT2D eigenvalue weighted by molar-refractivity contribution is -0.137. The number of nitrogens with one attached hydrogen (secondary N) is 1. The summed E-state index contributed by atoms with van der Waals surface area (Å²) in [5, 5.41) is 6.33. The van der Waals surface area contributed by atoms with Gasteiger partial charge in [0.15, 0.2) is 0 Å². The molecule has 4 nitrogen and oxygen atoms in total. The Morgan fingerprint density at radius 2 is 1.88 bits per heavy atom. The number of hydrogen-bond donors (Lipinski definition) is 1. The minimum atomic E-state index is -4.43. The van der Waals surface area contributed by atoms with Crippen LogP contribution in [0.4, 0.5) is 19.0 Å². The van der Waals surface area contributed by atoms with Gasteiger partial charge in [-0.15, -0.1) is 0 Å². The minimum Gasteiger partial charge on any atom is -0.340 e. The quantitative estimate of drug-likeness (QED) is 0.245. The SMILES string of the molecule is Cc1c(/C=N\Nc2ccc(C(F)(F)F)cn2)c2ccccc2n1Cc1ccc(Cl)cc1Cl. The van der Waals surface area contributed by atoms with Gasteiger partial charge in [0.2, 0.25) is 0 Å². The van der Waals surface area contributed by atoms with E-state index in [1.165, 1.54) is 6.07 Å². The third-order valence-electron chi connectivity index (χ3n) is 5.09. The number of benzene rings is 2. The number of pyridine rings is 1. The molecular weight excluding hydrogens is 460 g/mol. The van der Waals surface area contributed by atoms with Crippen LogP contribution in [-0.2, 0) is 12.7 Å². The maximum atomic E-state index is 12.7. The fraction of sp³-hybridized carbons (Fsp3) is 0.130. The second-order valence-electron chi connectivity index (χ2n) is 7.14. The number of aromatic nitrogens is 2. The molecule has 0 aliphatic carbocycles. The molecule has 0 bridgehead atoms. The van der Waals surface area contributed by atoms with Crippen LogP contribution >= 0.6 is 23.2 Å². The highest BCUT2D eigenvalue weighted by atomic mass is 35.5. The van der Waals surface area contributed by atoms with Crippen molar-refractivity contribution < 1.29 is 13.2 Å². The van der Waals surface area contributed by atoms with E-state index in [-0.39, 0.29) is 5.82 Å². The van der Waals surface area contributed by atoms with Gasteiger partial charge >= 0.3 is 6.18 Å². The van der Waals surface area contributed by atoms with Gasteiger partial charge in [0.05, 0.1) is 11.8 Å². The van der Waals surface area contributed by atoms with Gasteiger partial charge in [0.1, 0.15) is 5.82 Å². The van der Waals surface area contributed by atoms with E-state index in [1.807, 2.05) is 37.3 Å². The van der Waals surface area contributed by atoms with Gasteiger partial charge in [-0.2, -0.15) is 18.3 Å². The summed E-state index contributed by atoms with van der Waals surface area (Å²) >= 11 is 12.4. The van der Waals surface area contributed by atoms with Crippen molar-refractivity contribution in [2.24, 2.45) is 5.10 Å². The van der Waals surface area contributed by atoms with Gasteiger partial charge in [-0.3, -0.25) is 5.43 Å². The van der Waals surface area contributed by atoms with Crippen LogP contribution in [0.15, 0.2) is 65.9 Å². The first-order chi connectivity index (χ1) is 15.2. The number of nitrogens with zero attached hydrogens (tertiary/aromatic N) is 3. The molecule has 9 heteroatoms. The fourth-order valence-corrected chi connectivity index (χ4v) is 3.90. The summed E-state index contributed by atoms with van der Waals surface area (Å²) in [6.45, 7) is 2.52. The maximum absolute atomic E-state index is 12.7. The molecule has 0 aliphatic heterocycles. The maximum Gasteiger partial charge on any atom is 0.417 e. The highest BCUT2D eigenvalue weighted by molar-refractivity contribution is 6.35. The Morgan fingerprint density at radius 1 is 1.09 bits per heavy atom. The molecule has 164 valence electrons. The Bertz CT molecular complexity index is 1300. The average molecular weight is 477 g/mol. The predicted molar refractivity (Wildman–Crippen MR) is 123 cm³/mol. The molecule has 0 atom stereocenters. The molecule has 0 amide bonds. The first kappa shape index (κ1) is 22.2. The van der Waals surface area contributed by atoms with E-state index in [9.17, 15) is 13.2 Å². The van der Waals surface area contributed by atoms with Gasteiger partial charge < -0.3 is 4.57 Å². The Hall–Kier alpha value is -3.03. The second-order valence-corrected chi connectivity index (χ2v) is 7.98. The minimum absolute atomic E-state index is 0.212. The van der Waals surface area contributed by atoms with Crippen LogP contribution in [0.2, 0.25) is 10.0 Å². The first-order valence-electron chi connectivity index (χ1n) is 9.58. The number of hydrazone groups is 1. The van der Waals surface area contributed by atoms with E-state index < -0.39 is 11.7 Å². The zero-order chi connectivity index (χ0) is 22.9. The third kappa shape index (κ3) is 4.59. The standard InChI is InChI=1S/C23H17Cl2F3N4/c1-14-19(12-30-31-22-9-7-16(11-29-22)23(26,27)28)18-4-2-3-5-21(18)32(14)13-15-6-8-17(24)10-20(15)25/h2-12H,13H2,1H3,(H,29,31)/b30-12-. The molecule has 0 unspecified atom stereocenters. The first-order valence-corrected chi connectivity index (χ1v) is 10.3. The second kappa shape index (κ2) is 8.84. The van der Waals surface area contributed by atoms with Crippen molar-refractivity contribution >= 4 is 46.1 Å². The van der Waals surface area contributed by atoms with Crippen LogP contribution in [0.1, 0.15) is 22.4 Å². The topological polar surface area (TPSA) is 42.2 Å². The summed E-state index contributed by atoms with van der Waals surface area (Å²) in [7, 11) is 0. The van der Waals surface area contributed by atoms with Crippen molar-refractivity contribution in [3.8, 4) is 0 Å². The lowest BCUT2D eigenvalue weighted by atomic mass is 10.1. The number of para-hydroxylation sites is 1. The summed E-state index contributed by atoms with van der Waals surface area (Å²) in [5.74, 6) is 0.212. The molecule has 0 spiro atoms. The molecule has 2 aromatic heterocycles. The lowest BCUT2D eigenvalue weighted by Crippen LogP contribution is -2.05. The van der Waals surface area contributed by atoms with E-state index in [4.69, 9.17) is 23.2 Å². The Morgan fingerprint density at radius 3 is 2.56 bits per heavy atom. The molecule has 4 rings (SSSR count). The predicted octanol–water partition coefficient (Wildman–Crippen LogP) is 7.16. The van der Waals surface area contributed by atoms with Crippen molar-refractivity contribution in [1.29, 1.82) is 0 Å². The highest BCUT2D eigenvalue weighted by Crippen LogP contribution is 2.30. The number of alkyl halides is 3. The molecule has 0 radical (unpaired) electrons. The largest absolute Gasteiger partial charge is 0.417 e. The number of rotatable bonds is 5. The zero-order valence-electron chi connectivity index (χ0n) is 16.8. The Balaban J connectivity index is 1.62. The number of fused-ring (bicyclic) bond motifs is 1. The molecule has 0 fully saturated rings. The summed E-state index contributed by atoms with van der Waals surface area (Å²) < 4.78 is 40.2. The molecular formula is C23H17Cl2F3N4. The Kier molecular flexibility index (Phi) is 6.13. The summed E-state index contributed by atoms with van der Waals surface area (Å²) in [6.07, 6.45) is -2.03. The molecule has 32 heavy (non-hydrogen) atoms. The van der Waals surface area contributed by atoms with Gasteiger partial charge in [-0.1, -0.05) is 47.5 Å². The van der Waals surface area contributed by atoms with Gasteiger partial charge in [-0.25, -0.2) is 4.98 Å². The van der Waals surface area contributed by atoms with Crippen molar-refractivity contribution in [1.82, 2.24) is 9.55 Å². The average Bonchev–Trinajstić information content (AvgIpc) is 3.01. The fourth-order valence-electron chi connectivity index (χ4n) is 3.44. The molecule has 2 heterocycles. The molecule has 0 saturated heterocycles.